The van der Waals surface area contributed by atoms with Gasteiger partial charge in [-0.1, -0.05) is 0 Å². The molecule has 2 heterocycles. The van der Waals surface area contributed by atoms with E-state index in [0.29, 0.717) is 12.1 Å². The fourth-order valence-electron chi connectivity index (χ4n) is 2.65. The highest BCUT2D eigenvalue weighted by molar-refractivity contribution is 5.92. The van der Waals surface area contributed by atoms with Crippen LogP contribution in [0.5, 0.6) is 0 Å². The summed E-state index contributed by atoms with van der Waals surface area (Å²) in [5, 5.41) is 14.0. The third-order valence-electron chi connectivity index (χ3n) is 4.16. The Balaban J connectivity index is 1.79. The maximum Gasteiger partial charge on any atom is 0.416 e. The second kappa shape index (κ2) is 8.02. The highest BCUT2D eigenvalue weighted by Crippen LogP contribution is 2.38. The van der Waals surface area contributed by atoms with Crippen LogP contribution in [0.3, 0.4) is 0 Å². The number of alkyl halides is 6. The number of carbonyl (C=O) groups is 2. The topological polar surface area (TPSA) is 100 Å². The zero-order chi connectivity index (χ0) is 23.0. The van der Waals surface area contributed by atoms with Gasteiger partial charge in [0.15, 0.2) is 5.82 Å². The molecule has 1 atom stereocenters. The maximum absolute atomic E-state index is 13.0. The average molecular weight is 449 g/mol. The summed E-state index contributed by atoms with van der Waals surface area (Å²) in [5.41, 5.74) is -1.34. The fraction of sp³-hybridized carbons (Fsp3) is 0.294. The highest BCUT2D eigenvalue weighted by Gasteiger charge is 2.37. The van der Waals surface area contributed by atoms with E-state index in [4.69, 9.17) is 0 Å². The van der Waals surface area contributed by atoms with Gasteiger partial charge < -0.3 is 5.11 Å². The SMILES string of the molecule is O=C(/C=C\n1cnc(-c2cc(C(F)(F)F)cc(C(F)(F)F)c2)n1)NN1CC[C@H](O)C1=O. The molecule has 1 aliphatic heterocycles. The van der Waals surface area contributed by atoms with Crippen molar-refractivity contribution in [3.8, 4) is 11.4 Å². The van der Waals surface area contributed by atoms with Crippen molar-refractivity contribution in [1.82, 2.24) is 25.2 Å². The number of hydrogen-bond acceptors (Lipinski definition) is 5. The van der Waals surface area contributed by atoms with Crippen LogP contribution in [0.2, 0.25) is 0 Å². The van der Waals surface area contributed by atoms with Crippen LogP contribution in [-0.4, -0.2) is 49.3 Å². The van der Waals surface area contributed by atoms with E-state index in [0.717, 1.165) is 28.3 Å². The summed E-state index contributed by atoms with van der Waals surface area (Å²) in [6.45, 7) is 0.101. The van der Waals surface area contributed by atoms with Crippen LogP contribution < -0.4 is 5.43 Å². The summed E-state index contributed by atoms with van der Waals surface area (Å²) < 4.78 is 78.7. The van der Waals surface area contributed by atoms with Crippen molar-refractivity contribution in [3.05, 3.63) is 41.7 Å². The van der Waals surface area contributed by atoms with Crippen LogP contribution in [0.25, 0.3) is 17.6 Å². The number of hydrazine groups is 1. The lowest BCUT2D eigenvalue weighted by Gasteiger charge is -2.15. The van der Waals surface area contributed by atoms with E-state index in [1.165, 1.54) is 0 Å². The Morgan fingerprint density at radius 3 is 2.26 bits per heavy atom. The second-order valence-electron chi connectivity index (χ2n) is 6.43. The van der Waals surface area contributed by atoms with Crippen LogP contribution in [0, 0.1) is 0 Å². The van der Waals surface area contributed by atoms with E-state index in [1.54, 1.807) is 0 Å². The molecule has 2 N–H and O–H groups in total. The van der Waals surface area contributed by atoms with Crippen molar-refractivity contribution in [3.63, 3.8) is 0 Å². The molecule has 1 fully saturated rings. The van der Waals surface area contributed by atoms with Gasteiger partial charge in [-0.25, -0.2) is 9.67 Å². The molecular formula is C17H13F6N5O3. The van der Waals surface area contributed by atoms with Gasteiger partial charge in [-0.05, 0) is 18.2 Å². The molecule has 1 aromatic carbocycles. The third-order valence-corrected chi connectivity index (χ3v) is 4.16. The van der Waals surface area contributed by atoms with Gasteiger partial charge >= 0.3 is 12.4 Å². The first-order valence-electron chi connectivity index (χ1n) is 8.54. The van der Waals surface area contributed by atoms with Crippen molar-refractivity contribution < 1.29 is 41.0 Å². The summed E-state index contributed by atoms with van der Waals surface area (Å²) >= 11 is 0. The van der Waals surface area contributed by atoms with Gasteiger partial charge in [-0.3, -0.25) is 20.0 Å². The minimum atomic E-state index is -5.02. The Kier molecular flexibility index (Phi) is 5.76. The zero-order valence-corrected chi connectivity index (χ0v) is 15.3. The minimum Gasteiger partial charge on any atom is -0.383 e. The first kappa shape index (κ1) is 22.3. The van der Waals surface area contributed by atoms with Gasteiger partial charge in [0.2, 0.25) is 0 Å². The Labute approximate surface area is 169 Å². The predicted molar refractivity (Wildman–Crippen MR) is 91.3 cm³/mol. The lowest BCUT2D eigenvalue weighted by Crippen LogP contribution is -2.43. The molecule has 1 saturated heterocycles. The summed E-state index contributed by atoms with van der Waals surface area (Å²) in [7, 11) is 0. The maximum atomic E-state index is 13.0. The molecule has 0 saturated carbocycles. The standard InChI is InChI=1S/C17H13F6N5O3/c18-16(19,20)10-5-9(6-11(7-10)17(21,22)23)14-24-8-27(26-14)3-2-13(30)25-28-4-1-12(29)15(28)31/h2-3,5-8,12,29H,1,4H2,(H,25,30)/b3-2-/t12-/m0/s1. The number of carbonyl (C=O) groups excluding carboxylic acids is 2. The van der Waals surface area contributed by atoms with Crippen molar-refractivity contribution in [1.29, 1.82) is 0 Å². The summed E-state index contributed by atoms with van der Waals surface area (Å²) in [6, 6.07) is 0.951. The van der Waals surface area contributed by atoms with Crippen molar-refractivity contribution >= 4 is 18.0 Å². The number of benzene rings is 1. The number of aliphatic hydroxyl groups is 1. The van der Waals surface area contributed by atoms with E-state index in [2.05, 4.69) is 15.5 Å². The Morgan fingerprint density at radius 1 is 1.13 bits per heavy atom. The summed E-state index contributed by atoms with van der Waals surface area (Å²) in [5.74, 6) is -1.90. The largest absolute Gasteiger partial charge is 0.416 e. The molecular weight excluding hydrogens is 436 g/mol. The molecule has 31 heavy (non-hydrogen) atoms. The highest BCUT2D eigenvalue weighted by atomic mass is 19.4. The van der Waals surface area contributed by atoms with E-state index in [-0.39, 0.29) is 19.0 Å². The smallest absolute Gasteiger partial charge is 0.383 e. The predicted octanol–water partition coefficient (Wildman–Crippen LogP) is 2.08. The molecule has 2 amide bonds. The molecule has 2 aromatic rings. The van der Waals surface area contributed by atoms with Crippen molar-refractivity contribution in [2.75, 3.05) is 6.54 Å². The molecule has 3 rings (SSSR count). The van der Waals surface area contributed by atoms with E-state index >= 15 is 0 Å². The third kappa shape index (κ3) is 5.20. The van der Waals surface area contributed by atoms with Gasteiger partial charge in [-0.15, -0.1) is 5.10 Å². The van der Waals surface area contributed by atoms with Crippen LogP contribution in [-0.2, 0) is 21.9 Å². The fourth-order valence-corrected chi connectivity index (χ4v) is 2.65. The molecule has 14 heteroatoms. The number of amides is 2. The number of hydrogen-bond donors (Lipinski definition) is 2. The van der Waals surface area contributed by atoms with Gasteiger partial charge in [0.25, 0.3) is 11.8 Å². The van der Waals surface area contributed by atoms with Gasteiger partial charge in [-0.2, -0.15) is 26.3 Å². The number of halogens is 6. The van der Waals surface area contributed by atoms with Gasteiger partial charge in [0.05, 0.1) is 11.1 Å². The zero-order valence-electron chi connectivity index (χ0n) is 15.3. The Hall–Kier alpha value is -3.42. The Morgan fingerprint density at radius 2 is 1.74 bits per heavy atom. The molecule has 0 radical (unpaired) electrons. The Bertz CT molecular complexity index is 998. The number of aromatic nitrogens is 3. The monoisotopic (exact) mass is 449 g/mol. The molecule has 166 valence electrons. The van der Waals surface area contributed by atoms with Gasteiger partial charge in [0.1, 0.15) is 12.4 Å². The number of rotatable bonds is 4. The molecule has 8 nitrogen and oxygen atoms in total. The number of nitrogens with one attached hydrogen (secondary N) is 1. The molecule has 1 aromatic heterocycles. The minimum absolute atomic E-state index is 0.0126. The van der Waals surface area contributed by atoms with Crippen LogP contribution >= 0.6 is 0 Å². The summed E-state index contributed by atoms with van der Waals surface area (Å²) in [4.78, 5) is 27.0. The second-order valence-corrected chi connectivity index (χ2v) is 6.43. The van der Waals surface area contributed by atoms with Crippen LogP contribution in [0.4, 0.5) is 26.3 Å². The van der Waals surface area contributed by atoms with E-state index < -0.39 is 52.8 Å². The molecule has 0 aliphatic carbocycles. The molecule has 1 aliphatic rings. The number of aliphatic hydroxyl groups excluding tert-OH is 1. The quantitative estimate of drug-likeness (QED) is 0.550. The average Bonchev–Trinajstić information content (AvgIpc) is 3.27. The summed E-state index contributed by atoms with van der Waals surface area (Å²) in [6.07, 6.45) is -8.20. The molecule has 0 bridgehead atoms. The number of nitrogens with zero attached hydrogens (tertiary/aromatic N) is 4. The van der Waals surface area contributed by atoms with E-state index in [9.17, 15) is 41.0 Å². The van der Waals surface area contributed by atoms with E-state index in [1.807, 2.05) is 0 Å². The van der Waals surface area contributed by atoms with Crippen molar-refractivity contribution in [2.24, 2.45) is 0 Å². The van der Waals surface area contributed by atoms with Crippen LogP contribution in [0.1, 0.15) is 17.5 Å². The first-order valence-corrected chi connectivity index (χ1v) is 8.54. The molecule has 0 unspecified atom stereocenters. The van der Waals surface area contributed by atoms with Gasteiger partial charge in [0, 0.05) is 30.8 Å². The lowest BCUT2D eigenvalue weighted by atomic mass is 10.0. The normalized spacial score (nSPS) is 17.6. The molecule has 0 spiro atoms. The lowest BCUT2D eigenvalue weighted by molar-refractivity contribution is -0.143. The van der Waals surface area contributed by atoms with Crippen LogP contribution in [0.15, 0.2) is 30.6 Å². The first-order chi connectivity index (χ1) is 14.3. The van der Waals surface area contributed by atoms with Crippen molar-refractivity contribution in [2.45, 2.75) is 24.9 Å².